The zero-order valence-electron chi connectivity index (χ0n) is 29.8. The molecule has 0 atom stereocenters. The van der Waals surface area contributed by atoms with E-state index in [1.165, 1.54) is 53.7 Å². The van der Waals surface area contributed by atoms with Crippen molar-refractivity contribution in [3.8, 4) is 78.7 Å². The lowest BCUT2D eigenvalue weighted by molar-refractivity contribution is 1.08. The number of nitrogens with zero attached hydrogens (tertiary/aromatic N) is 3. The van der Waals surface area contributed by atoms with Crippen molar-refractivity contribution in [2.24, 2.45) is 0 Å². The first-order valence-corrected chi connectivity index (χ1v) is 19.3. The molecule has 0 radical (unpaired) electrons. The Balaban J connectivity index is 1.19. The number of rotatable bonds is 7. The van der Waals surface area contributed by atoms with Gasteiger partial charge in [0.2, 0.25) is 0 Å². The molecule has 258 valence electrons. The van der Waals surface area contributed by atoms with Gasteiger partial charge in [0.1, 0.15) is 0 Å². The van der Waals surface area contributed by atoms with Crippen LogP contribution in [0.3, 0.4) is 0 Å². The van der Waals surface area contributed by atoms with Gasteiger partial charge in [-0.3, -0.25) is 0 Å². The number of aromatic nitrogens is 3. The number of thiophene rings is 1. The summed E-state index contributed by atoms with van der Waals surface area (Å²) in [7, 11) is 0. The molecule has 0 spiro atoms. The van der Waals surface area contributed by atoms with Crippen molar-refractivity contribution in [1.29, 1.82) is 0 Å². The van der Waals surface area contributed by atoms with E-state index in [0.29, 0.717) is 17.5 Å². The molecule has 0 aliphatic heterocycles. The van der Waals surface area contributed by atoms with Crippen molar-refractivity contribution in [1.82, 2.24) is 15.0 Å². The minimum absolute atomic E-state index is 0.654. The van der Waals surface area contributed by atoms with Crippen LogP contribution in [0.2, 0.25) is 0 Å². The molecule has 0 saturated carbocycles. The third-order valence-electron chi connectivity index (χ3n) is 10.2. The van der Waals surface area contributed by atoms with Crippen LogP contribution in [0, 0.1) is 0 Å². The molecular weight excluding hydrogens is 687 g/mol. The van der Waals surface area contributed by atoms with Crippen LogP contribution in [0.25, 0.3) is 98.8 Å². The minimum atomic E-state index is 0.654. The normalized spacial score (nSPS) is 11.3. The van der Waals surface area contributed by atoms with Gasteiger partial charge in [0.15, 0.2) is 17.5 Å². The van der Waals surface area contributed by atoms with Crippen molar-refractivity contribution in [3.63, 3.8) is 0 Å². The van der Waals surface area contributed by atoms with Crippen LogP contribution in [0.15, 0.2) is 200 Å². The monoisotopic (exact) mass is 719 g/mol. The lowest BCUT2D eigenvalue weighted by Gasteiger charge is -2.19. The quantitative estimate of drug-likeness (QED) is 0.165. The Bertz CT molecular complexity index is 2900. The van der Waals surface area contributed by atoms with Crippen LogP contribution in [-0.4, -0.2) is 15.0 Å². The third-order valence-corrected chi connectivity index (χ3v) is 11.3. The van der Waals surface area contributed by atoms with Crippen LogP contribution in [-0.2, 0) is 0 Å². The van der Waals surface area contributed by atoms with E-state index in [0.717, 1.165) is 27.6 Å². The lowest BCUT2D eigenvalue weighted by Crippen LogP contribution is -2.00. The summed E-state index contributed by atoms with van der Waals surface area (Å²) in [6.45, 7) is 0. The van der Waals surface area contributed by atoms with E-state index in [-0.39, 0.29) is 0 Å². The first kappa shape index (κ1) is 32.6. The second-order valence-corrected chi connectivity index (χ2v) is 14.6. The van der Waals surface area contributed by atoms with Crippen LogP contribution in [0.1, 0.15) is 0 Å². The molecule has 4 heteroatoms. The van der Waals surface area contributed by atoms with Crippen molar-refractivity contribution in [3.05, 3.63) is 200 Å². The fourth-order valence-corrected chi connectivity index (χ4v) is 8.74. The van der Waals surface area contributed by atoms with Crippen LogP contribution in [0.4, 0.5) is 0 Å². The summed E-state index contributed by atoms with van der Waals surface area (Å²) in [6, 6.07) is 70.6. The summed E-state index contributed by atoms with van der Waals surface area (Å²) in [5.74, 6) is 1.97. The van der Waals surface area contributed by atoms with Crippen LogP contribution in [0.5, 0.6) is 0 Å². The van der Waals surface area contributed by atoms with Gasteiger partial charge >= 0.3 is 0 Å². The van der Waals surface area contributed by atoms with Gasteiger partial charge in [-0.15, -0.1) is 11.3 Å². The Morgan fingerprint density at radius 1 is 0.291 bits per heavy atom. The fourth-order valence-electron chi connectivity index (χ4n) is 7.63. The van der Waals surface area contributed by atoms with Gasteiger partial charge in [-0.05, 0) is 62.7 Å². The molecule has 0 aliphatic rings. The fraction of sp³-hybridized carbons (Fsp3) is 0. The summed E-state index contributed by atoms with van der Waals surface area (Å²) in [5, 5.41) is 2.34. The van der Waals surface area contributed by atoms with Crippen LogP contribution >= 0.6 is 11.3 Å². The number of hydrogen-bond donors (Lipinski definition) is 0. The zero-order chi connectivity index (χ0) is 36.6. The van der Waals surface area contributed by atoms with Crippen molar-refractivity contribution >= 4 is 31.5 Å². The van der Waals surface area contributed by atoms with Crippen molar-refractivity contribution in [2.45, 2.75) is 0 Å². The Hall–Kier alpha value is -7.01. The molecule has 0 unspecified atom stereocenters. The maximum absolute atomic E-state index is 5.13. The summed E-state index contributed by atoms with van der Waals surface area (Å²) in [6.07, 6.45) is 0. The topological polar surface area (TPSA) is 38.7 Å². The zero-order valence-corrected chi connectivity index (χ0v) is 30.6. The summed E-state index contributed by atoms with van der Waals surface area (Å²) in [5.41, 5.74) is 12.4. The van der Waals surface area contributed by atoms with E-state index >= 15 is 0 Å². The molecule has 8 aromatic carbocycles. The highest BCUT2D eigenvalue weighted by molar-refractivity contribution is 7.26. The Morgan fingerprint density at radius 2 is 0.782 bits per heavy atom. The lowest BCUT2D eigenvalue weighted by atomic mass is 9.85. The van der Waals surface area contributed by atoms with E-state index in [2.05, 4.69) is 164 Å². The van der Waals surface area contributed by atoms with Gasteiger partial charge in [-0.1, -0.05) is 182 Å². The van der Waals surface area contributed by atoms with Crippen molar-refractivity contribution in [2.75, 3.05) is 0 Å². The summed E-state index contributed by atoms with van der Waals surface area (Å²) >= 11 is 1.80. The first-order chi connectivity index (χ1) is 27.3. The highest BCUT2D eigenvalue weighted by Crippen LogP contribution is 2.46. The third kappa shape index (κ3) is 6.09. The molecule has 0 fully saturated rings. The minimum Gasteiger partial charge on any atom is -0.208 e. The van der Waals surface area contributed by atoms with Gasteiger partial charge in [-0.2, -0.15) is 0 Å². The molecule has 3 nitrogen and oxygen atoms in total. The second kappa shape index (κ2) is 14.1. The maximum atomic E-state index is 5.13. The maximum Gasteiger partial charge on any atom is 0.164 e. The molecular formula is C51H33N3S. The van der Waals surface area contributed by atoms with Crippen LogP contribution < -0.4 is 0 Å². The average molecular weight is 720 g/mol. The molecule has 0 bridgehead atoms. The predicted molar refractivity (Wildman–Crippen MR) is 231 cm³/mol. The molecule has 55 heavy (non-hydrogen) atoms. The molecule has 2 heterocycles. The molecule has 0 aliphatic carbocycles. The molecule has 10 aromatic rings. The smallest absolute Gasteiger partial charge is 0.164 e. The van der Waals surface area contributed by atoms with Gasteiger partial charge in [0.25, 0.3) is 0 Å². The van der Waals surface area contributed by atoms with E-state index < -0.39 is 0 Å². The Labute approximate surface area is 323 Å². The van der Waals surface area contributed by atoms with E-state index in [9.17, 15) is 0 Å². The summed E-state index contributed by atoms with van der Waals surface area (Å²) in [4.78, 5) is 15.2. The highest BCUT2D eigenvalue weighted by atomic mass is 32.1. The van der Waals surface area contributed by atoms with Gasteiger partial charge in [0, 0.05) is 36.9 Å². The molecule has 0 amide bonds. The Kier molecular flexibility index (Phi) is 8.36. The average Bonchev–Trinajstić information content (AvgIpc) is 3.65. The summed E-state index contributed by atoms with van der Waals surface area (Å²) < 4.78 is 2.42. The van der Waals surface area contributed by atoms with E-state index in [1.807, 2.05) is 36.4 Å². The molecule has 10 rings (SSSR count). The largest absolute Gasteiger partial charge is 0.208 e. The van der Waals surface area contributed by atoms with Gasteiger partial charge < -0.3 is 0 Å². The number of fused-ring (bicyclic) bond motifs is 3. The second-order valence-electron chi connectivity index (χ2n) is 13.5. The highest BCUT2D eigenvalue weighted by Gasteiger charge is 2.20. The Morgan fingerprint density at radius 3 is 1.44 bits per heavy atom. The molecule has 0 saturated heterocycles. The molecule has 0 N–H and O–H groups in total. The van der Waals surface area contributed by atoms with E-state index in [4.69, 9.17) is 15.0 Å². The first-order valence-electron chi connectivity index (χ1n) is 18.4. The van der Waals surface area contributed by atoms with Gasteiger partial charge in [-0.25, -0.2) is 15.0 Å². The van der Waals surface area contributed by atoms with Crippen molar-refractivity contribution < 1.29 is 0 Å². The van der Waals surface area contributed by atoms with E-state index in [1.54, 1.807) is 11.3 Å². The standard InChI is InChI=1S/C51H33N3S/c1-5-17-34(18-6-1)39-25-13-14-26-41(39)42-28-15-27-40(47(42)35-19-7-2-8-20-35)38-31-32-45-44(33-38)48-43(29-16-30-46(48)55-45)51-53-49(36-21-9-3-10-22-36)52-50(54-51)37-23-11-4-12-24-37/h1-33H. The number of benzene rings is 8. The molecule has 2 aromatic heterocycles. The SMILES string of the molecule is c1ccc(-c2nc(-c3ccccc3)nc(-c3cccc4sc5ccc(-c6cccc(-c7ccccc7-c7ccccc7)c6-c6ccccc6)cc5c34)n2)cc1. The predicted octanol–water partition coefficient (Wildman–Crippen LogP) is 13.9. The van der Waals surface area contributed by atoms with Gasteiger partial charge in [0.05, 0.1) is 0 Å². The number of hydrogen-bond acceptors (Lipinski definition) is 4.